The third kappa shape index (κ3) is 2.94. The number of aromatic hydroxyl groups is 1. The van der Waals surface area contributed by atoms with Gasteiger partial charge in [-0.1, -0.05) is 31.5 Å². The summed E-state index contributed by atoms with van der Waals surface area (Å²) in [6.07, 6.45) is 1.92. The number of hydrogen-bond acceptors (Lipinski definition) is 4. The predicted molar refractivity (Wildman–Crippen MR) is 115 cm³/mol. The minimum Gasteiger partial charge on any atom is -0.494 e. The molecule has 3 heterocycles. The first-order chi connectivity index (χ1) is 13.5. The molecule has 144 valence electrons. The molecule has 0 fully saturated rings. The first-order valence-electron chi connectivity index (χ1n) is 9.43. The summed E-state index contributed by atoms with van der Waals surface area (Å²) < 4.78 is 1.87. The van der Waals surface area contributed by atoms with Gasteiger partial charge < -0.3 is 14.6 Å². The van der Waals surface area contributed by atoms with Gasteiger partial charge >= 0.3 is 0 Å². The van der Waals surface area contributed by atoms with Gasteiger partial charge in [0.1, 0.15) is 0 Å². The van der Waals surface area contributed by atoms with E-state index < -0.39 is 0 Å². The third-order valence-corrected chi connectivity index (χ3v) is 5.92. The smallest absolute Gasteiger partial charge is 0.280 e. The van der Waals surface area contributed by atoms with E-state index in [2.05, 4.69) is 11.9 Å². The van der Waals surface area contributed by atoms with E-state index in [1.54, 1.807) is 0 Å². The second kappa shape index (κ2) is 7.28. The average Bonchev–Trinajstić information content (AvgIpc) is 3.38. The Morgan fingerprint density at radius 2 is 1.89 bits per heavy atom. The molecule has 0 aliphatic carbocycles. The maximum absolute atomic E-state index is 12.9. The molecule has 1 amide bonds. The second-order valence-electron chi connectivity index (χ2n) is 7.11. The number of fused-ring (bicyclic) bond motifs is 1. The van der Waals surface area contributed by atoms with Crippen LogP contribution < -0.4 is 4.90 Å². The number of carbonyl (C=O) groups excluding carboxylic acids is 1. The van der Waals surface area contributed by atoms with Crippen molar-refractivity contribution in [2.24, 2.45) is 4.99 Å². The van der Waals surface area contributed by atoms with Crippen LogP contribution in [0.1, 0.15) is 40.6 Å². The Labute approximate surface area is 168 Å². The highest BCUT2D eigenvalue weighted by molar-refractivity contribution is 7.12. The Morgan fingerprint density at radius 1 is 1.14 bits per heavy atom. The largest absolute Gasteiger partial charge is 0.494 e. The molecule has 0 saturated heterocycles. The minimum atomic E-state index is -0.282. The van der Waals surface area contributed by atoms with Crippen molar-refractivity contribution >= 4 is 28.6 Å². The van der Waals surface area contributed by atoms with Gasteiger partial charge in [-0.3, -0.25) is 4.79 Å². The zero-order valence-electron chi connectivity index (χ0n) is 16.3. The van der Waals surface area contributed by atoms with E-state index in [-0.39, 0.29) is 11.8 Å². The summed E-state index contributed by atoms with van der Waals surface area (Å²) in [5.74, 6) is -0.149. The molecule has 4 rings (SSSR count). The lowest BCUT2D eigenvalue weighted by Crippen LogP contribution is -2.08. The van der Waals surface area contributed by atoms with Crippen molar-refractivity contribution in [3.05, 3.63) is 57.8 Å². The summed E-state index contributed by atoms with van der Waals surface area (Å²) in [5, 5.41) is 13.0. The molecule has 6 heteroatoms. The van der Waals surface area contributed by atoms with E-state index in [4.69, 9.17) is 0 Å². The van der Waals surface area contributed by atoms with Gasteiger partial charge in [-0.15, -0.1) is 11.3 Å². The number of rotatable bonds is 6. The van der Waals surface area contributed by atoms with Crippen LogP contribution >= 0.6 is 11.3 Å². The third-order valence-electron chi connectivity index (χ3n) is 5.05. The van der Waals surface area contributed by atoms with Crippen LogP contribution in [-0.2, 0) is 6.54 Å². The van der Waals surface area contributed by atoms with Crippen molar-refractivity contribution in [1.29, 1.82) is 0 Å². The van der Waals surface area contributed by atoms with Crippen molar-refractivity contribution in [1.82, 2.24) is 4.57 Å². The number of anilines is 1. The summed E-state index contributed by atoms with van der Waals surface area (Å²) in [5.41, 5.74) is 4.40. The van der Waals surface area contributed by atoms with Crippen LogP contribution in [0.4, 0.5) is 5.69 Å². The van der Waals surface area contributed by atoms with Gasteiger partial charge in [-0.25, -0.2) is 4.99 Å². The fourth-order valence-electron chi connectivity index (χ4n) is 3.60. The van der Waals surface area contributed by atoms with Gasteiger partial charge in [0.05, 0.1) is 27.4 Å². The average molecular weight is 394 g/mol. The quantitative estimate of drug-likeness (QED) is 0.656. The summed E-state index contributed by atoms with van der Waals surface area (Å²) in [4.78, 5) is 20.1. The fourth-order valence-corrected chi connectivity index (χ4v) is 4.32. The minimum absolute atomic E-state index is 0.133. The Morgan fingerprint density at radius 3 is 2.50 bits per heavy atom. The number of aromatic nitrogens is 1. The van der Waals surface area contributed by atoms with Crippen LogP contribution in [0.2, 0.25) is 0 Å². The van der Waals surface area contributed by atoms with E-state index >= 15 is 0 Å². The first-order valence-corrected chi connectivity index (χ1v) is 10.3. The van der Waals surface area contributed by atoms with Crippen LogP contribution in [0.5, 0.6) is 5.88 Å². The van der Waals surface area contributed by atoms with Gasteiger partial charge in [0.2, 0.25) is 5.88 Å². The lowest BCUT2D eigenvalue weighted by atomic mass is 10.0. The van der Waals surface area contributed by atoms with Crippen molar-refractivity contribution in [2.45, 2.75) is 26.3 Å². The number of unbranched alkanes of at least 4 members (excludes halogenated alkanes) is 1. The van der Waals surface area contributed by atoms with E-state index in [1.165, 1.54) is 11.3 Å². The number of hydrogen-bond donors (Lipinski definition) is 1. The zero-order valence-corrected chi connectivity index (χ0v) is 17.1. The fraction of sp³-hybridized carbons (Fsp3) is 0.273. The zero-order chi connectivity index (χ0) is 19.8. The van der Waals surface area contributed by atoms with E-state index in [9.17, 15) is 9.90 Å². The Balaban J connectivity index is 1.90. The van der Waals surface area contributed by atoms with Crippen LogP contribution in [0.15, 0.2) is 46.8 Å². The number of amides is 1. The molecule has 1 aliphatic heterocycles. The van der Waals surface area contributed by atoms with Crippen molar-refractivity contribution in [2.75, 3.05) is 19.0 Å². The Hall–Kier alpha value is -2.86. The Bertz CT molecular complexity index is 1040. The molecule has 0 atom stereocenters. The molecule has 0 bridgehead atoms. The molecule has 0 unspecified atom stereocenters. The molecule has 5 nitrogen and oxygen atoms in total. The molecule has 1 aliphatic rings. The van der Waals surface area contributed by atoms with Crippen LogP contribution in [0, 0.1) is 0 Å². The number of aliphatic imine (C=N–C) groups is 1. The van der Waals surface area contributed by atoms with Crippen molar-refractivity contribution < 1.29 is 9.90 Å². The van der Waals surface area contributed by atoms with Gasteiger partial charge in [-0.2, -0.15) is 0 Å². The van der Waals surface area contributed by atoms with E-state index in [0.29, 0.717) is 23.4 Å². The number of thiophene rings is 1. The molecule has 1 N–H and O–H groups in total. The van der Waals surface area contributed by atoms with Gasteiger partial charge in [-0.05, 0) is 35.6 Å². The van der Waals surface area contributed by atoms with Gasteiger partial charge in [0.15, 0.2) is 0 Å². The SMILES string of the molecule is CCCCn1c(O)c2c(c1-c1ccc(N(C)C)cc1)C(=O)N=C2c1cccs1. The van der Waals surface area contributed by atoms with Crippen LogP contribution in [0.3, 0.4) is 0 Å². The summed E-state index contributed by atoms with van der Waals surface area (Å²) >= 11 is 1.52. The molecule has 1 aromatic carbocycles. The first kappa shape index (κ1) is 18.5. The highest BCUT2D eigenvalue weighted by Gasteiger charge is 2.36. The van der Waals surface area contributed by atoms with Crippen LogP contribution in [-0.4, -0.2) is 35.4 Å². The maximum atomic E-state index is 12.9. The summed E-state index contributed by atoms with van der Waals surface area (Å²) in [6.45, 7) is 2.77. The summed E-state index contributed by atoms with van der Waals surface area (Å²) in [7, 11) is 3.99. The van der Waals surface area contributed by atoms with Gasteiger partial charge in [0.25, 0.3) is 5.91 Å². The maximum Gasteiger partial charge on any atom is 0.280 e. The molecule has 0 radical (unpaired) electrons. The molecule has 0 spiro atoms. The molecule has 2 aromatic heterocycles. The number of benzene rings is 1. The lowest BCUT2D eigenvalue weighted by Gasteiger charge is -2.15. The Kier molecular flexibility index (Phi) is 4.81. The van der Waals surface area contributed by atoms with Crippen LogP contribution in [0.25, 0.3) is 11.3 Å². The normalized spacial score (nSPS) is 13.0. The molecule has 28 heavy (non-hydrogen) atoms. The van der Waals surface area contributed by atoms with Crippen molar-refractivity contribution in [3.63, 3.8) is 0 Å². The molecule has 0 saturated carbocycles. The van der Waals surface area contributed by atoms with Gasteiger partial charge in [0, 0.05) is 26.3 Å². The molecular formula is C22H23N3O2S. The number of carbonyl (C=O) groups is 1. The highest BCUT2D eigenvalue weighted by Crippen LogP contribution is 2.42. The number of nitrogens with zero attached hydrogens (tertiary/aromatic N) is 3. The monoisotopic (exact) mass is 393 g/mol. The topological polar surface area (TPSA) is 57.8 Å². The second-order valence-corrected chi connectivity index (χ2v) is 8.06. The van der Waals surface area contributed by atoms with E-state index in [0.717, 1.165) is 34.7 Å². The van der Waals surface area contributed by atoms with E-state index in [1.807, 2.05) is 65.3 Å². The lowest BCUT2D eigenvalue weighted by molar-refractivity contribution is 0.101. The highest BCUT2D eigenvalue weighted by atomic mass is 32.1. The van der Waals surface area contributed by atoms with Crippen molar-refractivity contribution in [3.8, 4) is 17.1 Å². The molecule has 3 aromatic rings. The predicted octanol–water partition coefficient (Wildman–Crippen LogP) is 4.78. The standard InChI is InChI=1S/C22H23N3O2S/c1-4-5-12-25-20(14-8-10-15(11-9-14)24(2)3)18-17(22(25)27)19(23-21(18)26)16-7-6-13-28-16/h6-11,13,27H,4-5,12H2,1-3H3. The summed E-state index contributed by atoms with van der Waals surface area (Å²) in [6, 6.07) is 11.9. The molecular weight excluding hydrogens is 370 g/mol.